The van der Waals surface area contributed by atoms with Gasteiger partial charge >= 0.3 is 0 Å². The highest BCUT2D eigenvalue weighted by molar-refractivity contribution is 5.40. The van der Waals surface area contributed by atoms with Gasteiger partial charge in [-0.2, -0.15) is 0 Å². The van der Waals surface area contributed by atoms with Crippen LogP contribution < -0.4 is 0 Å². The summed E-state index contributed by atoms with van der Waals surface area (Å²) < 4.78 is 13.6. The van der Waals surface area contributed by atoms with Crippen LogP contribution in [0.1, 0.15) is 38.5 Å². The van der Waals surface area contributed by atoms with Crippen molar-refractivity contribution in [1.29, 1.82) is 0 Å². The highest BCUT2D eigenvalue weighted by Crippen LogP contribution is 2.94. The van der Waals surface area contributed by atoms with E-state index in [1.165, 1.54) is 38.5 Å². The first-order valence-electron chi connectivity index (χ1n) is 11.2. The van der Waals surface area contributed by atoms with E-state index in [1.807, 2.05) is 0 Å². The van der Waals surface area contributed by atoms with Gasteiger partial charge in [0.15, 0.2) is 0 Å². The van der Waals surface area contributed by atoms with Gasteiger partial charge in [0.1, 0.15) is 0 Å². The molecule has 0 amide bonds. The van der Waals surface area contributed by atoms with Crippen molar-refractivity contribution >= 4 is 0 Å². The lowest BCUT2D eigenvalue weighted by Gasteiger charge is -2.42. The van der Waals surface area contributed by atoms with Gasteiger partial charge < -0.3 is 9.47 Å². The van der Waals surface area contributed by atoms with Crippen LogP contribution in [0, 0.1) is 70.0 Å². The third-order valence-electron chi connectivity index (χ3n) is 12.4. The highest BCUT2D eigenvalue weighted by atomic mass is 16.5. The van der Waals surface area contributed by atoms with Crippen molar-refractivity contribution in [3.05, 3.63) is 0 Å². The molecule has 2 heteroatoms. The minimum absolute atomic E-state index is 0.675. The van der Waals surface area contributed by atoms with Gasteiger partial charge in [0.2, 0.25) is 0 Å². The monoisotopic (exact) mass is 322 g/mol. The Hall–Kier alpha value is -0.0800. The second kappa shape index (κ2) is 2.87. The van der Waals surface area contributed by atoms with E-state index in [9.17, 15) is 0 Å². The lowest BCUT2D eigenvalue weighted by atomic mass is 9.68. The fourth-order valence-corrected chi connectivity index (χ4v) is 12.8. The predicted molar refractivity (Wildman–Crippen MR) is 84.8 cm³/mol. The Morgan fingerprint density at radius 2 is 1.04 bits per heavy atom. The number of fused-ring (bicyclic) bond motifs is 2. The summed E-state index contributed by atoms with van der Waals surface area (Å²) in [4.78, 5) is 0. The van der Waals surface area contributed by atoms with E-state index in [0.29, 0.717) is 35.2 Å². The number of hydrogen-bond acceptors (Lipinski definition) is 2. The molecule has 0 aromatic rings. The standard InChI is InChI=1S/C22H26O2/c1-3-9-13-7(1)17-15-16-18(22(19(13)15)6-12(22)23-9)8-2-4-10-14(8)20(16)21(17)5-11(21)24-10/h7-20H,1-6H2/t7-,8+,9-,10-,11-,12-,13-,14+,15+,16+,17-,18+,19+,20+,21+,22+/m0/s1. The summed E-state index contributed by atoms with van der Waals surface area (Å²) in [5.74, 6) is 10.7. The SMILES string of the molecule is C1C[C@@H]2O[C@H]3C[C@@]34[C@H]3[C@@H]5[C@H]6[C@H]7[C@H]8[C@H](CC[C@@H]8O[C@H]8C[C@@]78[C@@H]5[C@H]1[C@@H]32)[C@@H]64. The van der Waals surface area contributed by atoms with Crippen LogP contribution in [0.2, 0.25) is 0 Å². The lowest BCUT2D eigenvalue weighted by Crippen LogP contribution is -2.43. The Bertz CT molecular complexity index is 686. The third kappa shape index (κ3) is 0.766. The Morgan fingerprint density at radius 3 is 1.54 bits per heavy atom. The van der Waals surface area contributed by atoms with Crippen molar-refractivity contribution in [2.45, 2.75) is 62.9 Å². The average molecular weight is 322 g/mol. The molecule has 2 saturated heterocycles. The molecule has 2 heterocycles. The van der Waals surface area contributed by atoms with Gasteiger partial charge in [0.05, 0.1) is 24.4 Å². The van der Waals surface area contributed by atoms with Crippen molar-refractivity contribution in [2.75, 3.05) is 0 Å². The van der Waals surface area contributed by atoms with Crippen molar-refractivity contribution in [3.8, 4) is 0 Å². The zero-order chi connectivity index (χ0) is 14.7. The Balaban J connectivity index is 1.32. The van der Waals surface area contributed by atoms with Gasteiger partial charge in [0, 0.05) is 10.8 Å². The van der Waals surface area contributed by atoms with Crippen LogP contribution in [-0.4, -0.2) is 24.4 Å². The smallest absolute Gasteiger partial charge is 0.0648 e. The van der Waals surface area contributed by atoms with Crippen LogP contribution in [0.5, 0.6) is 0 Å². The minimum Gasteiger partial charge on any atom is -0.374 e. The number of hydrogen-bond donors (Lipinski definition) is 0. The quantitative estimate of drug-likeness (QED) is 0.682. The summed E-state index contributed by atoms with van der Waals surface area (Å²) in [5.41, 5.74) is 1.38. The third-order valence-corrected chi connectivity index (χ3v) is 12.4. The van der Waals surface area contributed by atoms with E-state index in [4.69, 9.17) is 9.47 Å². The Kier molecular flexibility index (Phi) is 1.39. The summed E-state index contributed by atoms with van der Waals surface area (Å²) in [6, 6.07) is 0. The van der Waals surface area contributed by atoms with Crippen molar-refractivity contribution in [3.63, 3.8) is 0 Å². The molecular weight excluding hydrogens is 296 g/mol. The fourth-order valence-electron chi connectivity index (χ4n) is 12.8. The second-order valence-electron chi connectivity index (χ2n) is 11.9. The lowest BCUT2D eigenvalue weighted by molar-refractivity contribution is -0.100. The molecule has 0 aromatic carbocycles. The minimum atomic E-state index is 0.675. The zero-order valence-electron chi connectivity index (χ0n) is 14.1. The van der Waals surface area contributed by atoms with E-state index < -0.39 is 0 Å². The molecule has 16 atom stereocenters. The van der Waals surface area contributed by atoms with Crippen LogP contribution in [0.3, 0.4) is 0 Å². The maximum absolute atomic E-state index is 6.80. The highest BCUT2D eigenvalue weighted by Gasteiger charge is 2.94. The largest absolute Gasteiger partial charge is 0.374 e. The maximum atomic E-state index is 6.80. The molecule has 10 rings (SSSR count). The van der Waals surface area contributed by atoms with E-state index in [1.54, 1.807) is 0 Å². The molecule has 0 N–H and O–H groups in total. The van der Waals surface area contributed by atoms with Gasteiger partial charge in [-0.1, -0.05) is 0 Å². The first kappa shape index (κ1) is 11.6. The summed E-state index contributed by atoms with van der Waals surface area (Å²) in [5, 5.41) is 0. The topological polar surface area (TPSA) is 18.5 Å². The molecule has 126 valence electrons. The summed E-state index contributed by atoms with van der Waals surface area (Å²) >= 11 is 0. The van der Waals surface area contributed by atoms with Crippen molar-refractivity contribution < 1.29 is 9.47 Å². The summed E-state index contributed by atoms with van der Waals surface area (Å²) in [7, 11) is 0. The van der Waals surface area contributed by atoms with E-state index >= 15 is 0 Å². The molecule has 0 aromatic heterocycles. The number of ether oxygens (including phenoxy) is 2. The van der Waals surface area contributed by atoms with E-state index in [-0.39, 0.29) is 0 Å². The Labute approximate surface area is 143 Å². The Morgan fingerprint density at radius 1 is 0.542 bits per heavy atom. The molecule has 8 saturated carbocycles. The van der Waals surface area contributed by atoms with E-state index in [2.05, 4.69) is 0 Å². The van der Waals surface area contributed by atoms with Gasteiger partial charge in [-0.15, -0.1) is 0 Å². The van der Waals surface area contributed by atoms with Crippen LogP contribution in [0.4, 0.5) is 0 Å². The van der Waals surface area contributed by atoms with Crippen LogP contribution >= 0.6 is 0 Å². The van der Waals surface area contributed by atoms with Gasteiger partial charge in [0.25, 0.3) is 0 Å². The van der Waals surface area contributed by atoms with Crippen molar-refractivity contribution in [1.82, 2.24) is 0 Å². The van der Waals surface area contributed by atoms with Crippen molar-refractivity contribution in [2.24, 2.45) is 70.0 Å². The fraction of sp³-hybridized carbons (Fsp3) is 1.00. The van der Waals surface area contributed by atoms with E-state index in [0.717, 1.165) is 59.2 Å². The predicted octanol–water partition coefficient (Wildman–Crippen LogP) is 3.11. The maximum Gasteiger partial charge on any atom is 0.0648 e. The summed E-state index contributed by atoms with van der Waals surface area (Å²) in [6.07, 6.45) is 11.5. The summed E-state index contributed by atoms with van der Waals surface area (Å²) in [6.45, 7) is 0. The van der Waals surface area contributed by atoms with Gasteiger partial charge in [-0.25, -0.2) is 0 Å². The molecule has 0 unspecified atom stereocenters. The molecule has 10 aliphatic rings. The molecule has 0 bridgehead atoms. The first-order chi connectivity index (χ1) is 11.9. The van der Waals surface area contributed by atoms with Gasteiger partial charge in [-0.05, 0) is 97.7 Å². The molecule has 2 nitrogen and oxygen atoms in total. The normalized spacial score (nSPS) is 87.0. The molecule has 10 fully saturated rings. The van der Waals surface area contributed by atoms with Crippen LogP contribution in [0.25, 0.3) is 0 Å². The zero-order valence-corrected chi connectivity index (χ0v) is 14.1. The second-order valence-corrected chi connectivity index (χ2v) is 11.9. The average Bonchev–Trinajstić information content (AvgIpc) is 3.01. The molecule has 0 radical (unpaired) electrons. The van der Waals surface area contributed by atoms with Crippen LogP contribution in [-0.2, 0) is 9.47 Å². The molecule has 8 aliphatic carbocycles. The van der Waals surface area contributed by atoms with Gasteiger partial charge in [-0.3, -0.25) is 0 Å². The first-order valence-corrected chi connectivity index (χ1v) is 11.2. The molecule has 2 aliphatic heterocycles. The molecular formula is C22H26O2. The molecule has 24 heavy (non-hydrogen) atoms. The number of rotatable bonds is 0. The molecule has 2 spiro atoms. The van der Waals surface area contributed by atoms with Crippen LogP contribution in [0.15, 0.2) is 0 Å².